The molecule has 0 spiro atoms. The lowest BCUT2D eigenvalue weighted by atomic mass is 10.1. The molecule has 178 valence electrons. The van der Waals surface area contributed by atoms with Crippen LogP contribution in [-0.4, -0.2) is 42.2 Å². The van der Waals surface area contributed by atoms with Crippen molar-refractivity contribution in [3.8, 4) is 6.07 Å². The lowest BCUT2D eigenvalue weighted by Crippen LogP contribution is -2.43. The van der Waals surface area contributed by atoms with Gasteiger partial charge in [-0.2, -0.15) is 5.26 Å². The van der Waals surface area contributed by atoms with Crippen LogP contribution < -0.4 is 15.9 Å². The highest BCUT2D eigenvalue weighted by Crippen LogP contribution is 2.47. The fourth-order valence-electron chi connectivity index (χ4n) is 4.46. The summed E-state index contributed by atoms with van der Waals surface area (Å²) in [7, 11) is 1.22. The van der Waals surface area contributed by atoms with E-state index < -0.39 is 36.6 Å². The first kappa shape index (κ1) is 24.6. The number of benzene rings is 3. The summed E-state index contributed by atoms with van der Waals surface area (Å²) in [5.74, 6) is -2.51. The SMILES string of the molecule is COC(=O)[C@H]1OC(C)(C)O[C@H]1C(=O)C(C#N)=P(c1ccccc1)(c1ccccc1)c1ccccc1. The predicted molar refractivity (Wildman–Crippen MR) is 137 cm³/mol. The Morgan fingerprint density at radius 1 is 0.800 bits per heavy atom. The molecule has 0 unspecified atom stereocenters. The summed E-state index contributed by atoms with van der Waals surface area (Å²) in [6.45, 7) is 0.282. The minimum Gasteiger partial charge on any atom is -0.467 e. The third-order valence-corrected chi connectivity index (χ3v) is 10.1. The fourth-order valence-corrected chi connectivity index (χ4v) is 8.60. The molecule has 1 aliphatic rings. The molecule has 3 aromatic carbocycles. The number of carbonyl (C=O) groups is 2. The smallest absolute Gasteiger partial charge is 0.338 e. The first-order chi connectivity index (χ1) is 16.8. The summed E-state index contributed by atoms with van der Waals surface area (Å²) < 4.78 is 16.5. The van der Waals surface area contributed by atoms with Gasteiger partial charge in [0.25, 0.3) is 0 Å². The maximum atomic E-state index is 14.2. The zero-order valence-corrected chi connectivity index (χ0v) is 20.6. The van der Waals surface area contributed by atoms with Crippen LogP contribution in [0.3, 0.4) is 0 Å². The Balaban J connectivity index is 2.10. The van der Waals surface area contributed by atoms with Gasteiger partial charge >= 0.3 is 5.97 Å². The second kappa shape index (κ2) is 10.0. The Labute approximate surface area is 205 Å². The van der Waals surface area contributed by atoms with E-state index in [1.165, 1.54) is 7.11 Å². The van der Waals surface area contributed by atoms with Crippen molar-refractivity contribution in [1.82, 2.24) is 0 Å². The molecule has 0 aliphatic carbocycles. The van der Waals surface area contributed by atoms with Crippen LogP contribution in [0.5, 0.6) is 0 Å². The number of nitriles is 1. The van der Waals surface area contributed by atoms with Gasteiger partial charge in [0.1, 0.15) is 11.4 Å². The van der Waals surface area contributed by atoms with Gasteiger partial charge < -0.3 is 14.2 Å². The number of ketones is 1. The zero-order chi connectivity index (χ0) is 25.1. The predicted octanol–water partition coefficient (Wildman–Crippen LogP) is 2.94. The summed E-state index contributed by atoms with van der Waals surface area (Å²) in [6, 6.07) is 30.9. The van der Waals surface area contributed by atoms with Gasteiger partial charge in [-0.1, -0.05) is 91.0 Å². The standard InChI is InChI=1S/C28H26NO5P/c1-28(2)33-25(26(34-28)27(31)32-3)24(30)23(19-29)35(20-13-7-4-8-14-20,21-15-9-5-10-16-21)22-17-11-6-12-18-22/h4-18,25-26H,1-3H3/t25-,26-/m0/s1. The van der Waals surface area contributed by atoms with Crippen molar-refractivity contribution in [1.29, 1.82) is 5.26 Å². The van der Waals surface area contributed by atoms with Crippen molar-refractivity contribution < 1.29 is 23.8 Å². The monoisotopic (exact) mass is 487 g/mol. The van der Waals surface area contributed by atoms with E-state index in [0.29, 0.717) is 0 Å². The molecule has 35 heavy (non-hydrogen) atoms. The van der Waals surface area contributed by atoms with E-state index in [1.54, 1.807) is 13.8 Å². The molecule has 0 amide bonds. The molecule has 1 saturated heterocycles. The molecule has 1 aliphatic heterocycles. The van der Waals surface area contributed by atoms with Crippen molar-refractivity contribution >= 4 is 39.8 Å². The molecular weight excluding hydrogens is 461 g/mol. The number of carbonyl (C=O) groups excluding carboxylic acids is 2. The maximum Gasteiger partial charge on any atom is 0.338 e. The first-order valence-corrected chi connectivity index (χ1v) is 12.9. The molecule has 4 rings (SSSR count). The van der Waals surface area contributed by atoms with Gasteiger partial charge in [-0.3, -0.25) is 4.79 Å². The van der Waals surface area contributed by atoms with Crippen LogP contribution in [0, 0.1) is 11.3 Å². The molecular formula is C28H26NO5P. The largest absolute Gasteiger partial charge is 0.467 e. The van der Waals surface area contributed by atoms with E-state index in [1.807, 2.05) is 91.0 Å². The molecule has 6 nitrogen and oxygen atoms in total. The molecule has 0 N–H and O–H groups in total. The molecule has 0 radical (unpaired) electrons. The van der Waals surface area contributed by atoms with Crippen LogP contribution in [0.4, 0.5) is 0 Å². The second-order valence-corrected chi connectivity index (χ2v) is 11.8. The Bertz CT molecular complexity index is 1210. The number of hydrogen-bond donors (Lipinski definition) is 0. The molecule has 3 aromatic rings. The highest BCUT2D eigenvalue weighted by Gasteiger charge is 2.51. The van der Waals surface area contributed by atoms with Crippen molar-refractivity contribution in [3.05, 3.63) is 91.0 Å². The third kappa shape index (κ3) is 4.47. The lowest BCUT2D eigenvalue weighted by molar-refractivity contribution is -0.168. The van der Waals surface area contributed by atoms with Crippen LogP contribution in [-0.2, 0) is 23.8 Å². The van der Waals surface area contributed by atoms with E-state index >= 15 is 0 Å². The van der Waals surface area contributed by atoms with Crippen LogP contribution >= 0.6 is 6.89 Å². The number of esters is 1. The van der Waals surface area contributed by atoms with E-state index in [4.69, 9.17) is 14.2 Å². The van der Waals surface area contributed by atoms with Crippen LogP contribution in [0.25, 0.3) is 0 Å². The second-order valence-electron chi connectivity index (χ2n) is 8.50. The average molecular weight is 487 g/mol. The fraction of sp³-hybridized carbons (Fsp3) is 0.214. The summed E-state index contributed by atoms with van der Waals surface area (Å²) >= 11 is 0. The van der Waals surface area contributed by atoms with Crippen molar-refractivity contribution in [2.45, 2.75) is 31.8 Å². The minimum atomic E-state index is -2.96. The molecule has 7 heteroatoms. The third-order valence-electron chi connectivity index (χ3n) is 5.89. The van der Waals surface area contributed by atoms with Crippen LogP contribution in [0.1, 0.15) is 13.8 Å². The van der Waals surface area contributed by atoms with Gasteiger partial charge in [0.2, 0.25) is 5.78 Å². The number of hydrogen-bond acceptors (Lipinski definition) is 6. The van der Waals surface area contributed by atoms with Gasteiger partial charge in [0.15, 0.2) is 18.0 Å². The van der Waals surface area contributed by atoms with E-state index in [0.717, 1.165) is 15.9 Å². The zero-order valence-electron chi connectivity index (χ0n) is 19.8. The Morgan fingerprint density at radius 3 is 1.57 bits per heavy atom. The molecule has 0 bridgehead atoms. The molecule has 1 fully saturated rings. The minimum absolute atomic E-state index is 0.0290. The highest BCUT2D eigenvalue weighted by molar-refractivity contribution is 7.97. The van der Waals surface area contributed by atoms with Crippen LogP contribution in [0.15, 0.2) is 91.0 Å². The van der Waals surface area contributed by atoms with E-state index in [9.17, 15) is 14.9 Å². The highest BCUT2D eigenvalue weighted by atomic mass is 31.2. The Morgan fingerprint density at radius 2 is 1.20 bits per heavy atom. The van der Waals surface area contributed by atoms with Gasteiger partial charge in [0.05, 0.1) is 7.11 Å². The van der Waals surface area contributed by atoms with Gasteiger partial charge in [-0.05, 0) is 36.6 Å². The maximum absolute atomic E-state index is 14.2. The van der Waals surface area contributed by atoms with E-state index in [2.05, 4.69) is 6.07 Å². The number of nitrogens with zero attached hydrogens (tertiary/aromatic N) is 1. The molecule has 0 aromatic heterocycles. The number of methoxy groups -OCH3 is 1. The average Bonchev–Trinajstić information content (AvgIpc) is 3.23. The summed E-state index contributed by atoms with van der Waals surface area (Å²) in [4.78, 5) is 26.7. The number of rotatable bonds is 6. The Kier molecular flexibility index (Phi) is 7.05. The molecule has 2 atom stereocenters. The van der Waals surface area contributed by atoms with Crippen LogP contribution in [0.2, 0.25) is 0 Å². The van der Waals surface area contributed by atoms with Crippen molar-refractivity contribution in [2.24, 2.45) is 0 Å². The number of ether oxygens (including phenoxy) is 3. The normalized spacial score (nSPS) is 18.9. The van der Waals surface area contributed by atoms with Gasteiger partial charge in [0, 0.05) is 0 Å². The van der Waals surface area contributed by atoms with Gasteiger partial charge in [-0.25, -0.2) is 4.79 Å². The Hall–Kier alpha value is -3.49. The molecule has 1 heterocycles. The topological polar surface area (TPSA) is 85.6 Å². The number of Topliss-reactive ketones (excluding diaryl/α,β-unsaturated/α-hetero) is 1. The van der Waals surface area contributed by atoms with Crippen molar-refractivity contribution in [2.75, 3.05) is 7.11 Å². The lowest BCUT2D eigenvalue weighted by Gasteiger charge is -2.30. The van der Waals surface area contributed by atoms with E-state index in [-0.39, 0.29) is 5.29 Å². The quantitative estimate of drug-likeness (QED) is 0.393. The first-order valence-electron chi connectivity index (χ1n) is 11.2. The van der Waals surface area contributed by atoms with Crippen molar-refractivity contribution in [3.63, 3.8) is 0 Å². The van der Waals surface area contributed by atoms with Gasteiger partial charge in [-0.15, -0.1) is 0 Å². The molecule has 0 saturated carbocycles. The summed E-state index contributed by atoms with van der Waals surface area (Å²) in [5, 5.41) is 13.2. The summed E-state index contributed by atoms with van der Waals surface area (Å²) in [5.41, 5.74) is 0. The summed E-state index contributed by atoms with van der Waals surface area (Å²) in [6.07, 6.45) is -2.60.